The smallest absolute Gasteiger partial charge is 0.262 e. The second-order valence-electron chi connectivity index (χ2n) is 7.71. The minimum Gasteiger partial charge on any atom is -0.493 e. The van der Waals surface area contributed by atoms with Gasteiger partial charge in [-0.2, -0.15) is 0 Å². The maximum Gasteiger partial charge on any atom is 0.262 e. The van der Waals surface area contributed by atoms with Crippen molar-refractivity contribution in [3.8, 4) is 11.5 Å². The van der Waals surface area contributed by atoms with E-state index in [1.807, 2.05) is 32.0 Å². The average molecular weight is 469 g/mol. The Morgan fingerprint density at radius 1 is 0.879 bits per heavy atom. The van der Waals surface area contributed by atoms with Gasteiger partial charge in [-0.1, -0.05) is 30.3 Å². The average Bonchev–Trinajstić information content (AvgIpc) is 2.80. The van der Waals surface area contributed by atoms with Crippen LogP contribution >= 0.6 is 0 Å². The van der Waals surface area contributed by atoms with Crippen LogP contribution in [-0.4, -0.2) is 28.5 Å². The summed E-state index contributed by atoms with van der Waals surface area (Å²) in [6.07, 6.45) is 0. The van der Waals surface area contributed by atoms with Crippen LogP contribution < -0.4 is 19.5 Å². The molecular formula is C25H28N2O5S. The van der Waals surface area contributed by atoms with Gasteiger partial charge in [-0.15, -0.1) is 0 Å². The van der Waals surface area contributed by atoms with Crippen molar-refractivity contribution in [3.05, 3.63) is 82.9 Å². The van der Waals surface area contributed by atoms with Gasteiger partial charge in [0.05, 0.1) is 30.8 Å². The highest BCUT2D eigenvalue weighted by atomic mass is 32.2. The summed E-state index contributed by atoms with van der Waals surface area (Å²) >= 11 is 0. The monoisotopic (exact) mass is 468 g/mol. The van der Waals surface area contributed by atoms with E-state index in [1.165, 1.54) is 6.07 Å². The highest BCUT2D eigenvalue weighted by Gasteiger charge is 2.21. The van der Waals surface area contributed by atoms with E-state index in [4.69, 9.17) is 9.47 Å². The molecule has 0 saturated carbocycles. The van der Waals surface area contributed by atoms with Gasteiger partial charge in [-0.3, -0.25) is 9.52 Å². The number of hydrogen-bond acceptors (Lipinski definition) is 5. The van der Waals surface area contributed by atoms with Crippen LogP contribution in [0.4, 0.5) is 5.69 Å². The number of ether oxygens (including phenoxy) is 2. The lowest BCUT2D eigenvalue weighted by Gasteiger charge is -2.17. The number of aryl methyl sites for hydroxylation is 2. The van der Waals surface area contributed by atoms with Crippen LogP contribution in [0.5, 0.6) is 11.5 Å². The Hall–Kier alpha value is -3.52. The van der Waals surface area contributed by atoms with Crippen LogP contribution in [0.3, 0.4) is 0 Å². The Balaban J connectivity index is 1.84. The largest absolute Gasteiger partial charge is 0.493 e. The fourth-order valence-corrected chi connectivity index (χ4v) is 4.81. The summed E-state index contributed by atoms with van der Waals surface area (Å²) in [6, 6.07) is 16.8. The van der Waals surface area contributed by atoms with Crippen LogP contribution in [0.15, 0.2) is 65.6 Å². The molecule has 0 fully saturated rings. The molecule has 0 bridgehead atoms. The molecule has 8 heteroatoms. The SMILES string of the molecule is COc1ccc(C(C)NC(=O)c2ccc(C)c(S(=O)(=O)Nc3ccccc3C)c2)cc1OC. The summed E-state index contributed by atoms with van der Waals surface area (Å²) in [4.78, 5) is 13.0. The number of carbonyl (C=O) groups excluding carboxylic acids is 1. The highest BCUT2D eigenvalue weighted by molar-refractivity contribution is 7.92. The van der Waals surface area contributed by atoms with Crippen LogP contribution in [0.1, 0.15) is 40.0 Å². The van der Waals surface area contributed by atoms with Gasteiger partial charge in [0.2, 0.25) is 0 Å². The third-order valence-electron chi connectivity index (χ3n) is 5.38. The molecule has 3 aromatic carbocycles. The molecule has 0 heterocycles. The molecule has 33 heavy (non-hydrogen) atoms. The van der Waals surface area contributed by atoms with Gasteiger partial charge in [0.15, 0.2) is 11.5 Å². The molecule has 0 aliphatic heterocycles. The Kier molecular flexibility index (Phi) is 7.28. The highest BCUT2D eigenvalue weighted by Crippen LogP contribution is 2.30. The zero-order valence-corrected chi connectivity index (χ0v) is 20.1. The Bertz CT molecular complexity index is 1270. The summed E-state index contributed by atoms with van der Waals surface area (Å²) < 4.78 is 39.3. The van der Waals surface area contributed by atoms with E-state index >= 15 is 0 Å². The number of para-hydroxylation sites is 1. The van der Waals surface area contributed by atoms with Crippen molar-refractivity contribution in [2.75, 3.05) is 18.9 Å². The van der Waals surface area contributed by atoms with E-state index in [0.717, 1.165) is 11.1 Å². The van der Waals surface area contributed by atoms with Crippen molar-refractivity contribution >= 4 is 21.6 Å². The second kappa shape index (κ2) is 9.95. The number of anilines is 1. The van der Waals surface area contributed by atoms with E-state index in [-0.39, 0.29) is 22.4 Å². The van der Waals surface area contributed by atoms with Crippen molar-refractivity contribution in [1.29, 1.82) is 0 Å². The van der Waals surface area contributed by atoms with Crippen molar-refractivity contribution in [2.24, 2.45) is 0 Å². The minimum atomic E-state index is -3.88. The molecule has 7 nitrogen and oxygen atoms in total. The quantitative estimate of drug-likeness (QED) is 0.503. The van der Waals surface area contributed by atoms with E-state index in [0.29, 0.717) is 22.7 Å². The summed E-state index contributed by atoms with van der Waals surface area (Å²) in [6.45, 7) is 5.36. The number of nitrogens with one attached hydrogen (secondary N) is 2. The van der Waals surface area contributed by atoms with Crippen molar-refractivity contribution in [2.45, 2.75) is 31.7 Å². The van der Waals surface area contributed by atoms with Crippen LogP contribution in [0, 0.1) is 13.8 Å². The maximum absolute atomic E-state index is 13.1. The third kappa shape index (κ3) is 5.46. The molecule has 1 unspecified atom stereocenters. The molecule has 0 aliphatic carbocycles. The topological polar surface area (TPSA) is 93.7 Å². The fraction of sp³-hybridized carbons (Fsp3) is 0.240. The predicted octanol–water partition coefficient (Wildman–Crippen LogP) is 4.61. The zero-order chi connectivity index (χ0) is 24.2. The van der Waals surface area contributed by atoms with Gasteiger partial charge >= 0.3 is 0 Å². The first-order valence-electron chi connectivity index (χ1n) is 10.4. The van der Waals surface area contributed by atoms with Crippen molar-refractivity contribution < 1.29 is 22.7 Å². The van der Waals surface area contributed by atoms with Gasteiger partial charge in [-0.25, -0.2) is 8.42 Å². The summed E-state index contributed by atoms with van der Waals surface area (Å²) in [5.74, 6) is 0.765. The molecule has 174 valence electrons. The maximum atomic E-state index is 13.1. The molecule has 3 rings (SSSR count). The molecule has 0 saturated heterocycles. The standard InChI is InChI=1S/C25H28N2O5S/c1-16-8-6-7-9-21(16)27-33(29,30)24-15-20(11-10-17(24)2)25(28)26-18(3)19-12-13-22(31-4)23(14-19)32-5/h6-15,18,27H,1-5H3,(H,26,28). The lowest BCUT2D eigenvalue weighted by atomic mass is 10.1. The van der Waals surface area contributed by atoms with E-state index < -0.39 is 10.0 Å². The van der Waals surface area contributed by atoms with Gasteiger partial charge in [-0.05, 0) is 67.8 Å². The first-order chi connectivity index (χ1) is 15.7. The lowest BCUT2D eigenvalue weighted by Crippen LogP contribution is -2.27. The number of hydrogen-bond donors (Lipinski definition) is 2. The number of benzene rings is 3. The van der Waals surface area contributed by atoms with Gasteiger partial charge < -0.3 is 14.8 Å². The summed E-state index contributed by atoms with van der Waals surface area (Å²) in [5.41, 5.74) is 2.91. The zero-order valence-electron chi connectivity index (χ0n) is 19.3. The van der Waals surface area contributed by atoms with Gasteiger partial charge in [0, 0.05) is 5.56 Å². The Morgan fingerprint density at radius 2 is 1.58 bits per heavy atom. The first kappa shape index (κ1) is 24.1. The summed E-state index contributed by atoms with van der Waals surface area (Å²) in [7, 11) is -0.779. The van der Waals surface area contributed by atoms with E-state index in [1.54, 1.807) is 57.5 Å². The third-order valence-corrected chi connectivity index (χ3v) is 6.89. The molecule has 1 amide bonds. The minimum absolute atomic E-state index is 0.0529. The molecule has 1 atom stereocenters. The lowest BCUT2D eigenvalue weighted by molar-refractivity contribution is 0.0939. The van der Waals surface area contributed by atoms with Gasteiger partial charge in [0.25, 0.3) is 15.9 Å². The van der Waals surface area contributed by atoms with Crippen LogP contribution in [0.25, 0.3) is 0 Å². The fourth-order valence-electron chi connectivity index (χ4n) is 3.40. The number of methoxy groups -OCH3 is 2. The van der Waals surface area contributed by atoms with Crippen LogP contribution in [-0.2, 0) is 10.0 Å². The molecule has 3 aromatic rings. The Labute approximate surface area is 194 Å². The number of carbonyl (C=O) groups is 1. The number of amides is 1. The van der Waals surface area contributed by atoms with Crippen molar-refractivity contribution in [3.63, 3.8) is 0 Å². The number of sulfonamides is 1. The van der Waals surface area contributed by atoms with Gasteiger partial charge in [0.1, 0.15) is 0 Å². The summed E-state index contributed by atoms with van der Waals surface area (Å²) in [5, 5.41) is 2.91. The molecule has 2 N–H and O–H groups in total. The molecule has 0 radical (unpaired) electrons. The Morgan fingerprint density at radius 3 is 2.24 bits per heavy atom. The molecular weight excluding hydrogens is 440 g/mol. The molecule has 0 spiro atoms. The van der Waals surface area contributed by atoms with Crippen molar-refractivity contribution in [1.82, 2.24) is 5.32 Å². The van der Waals surface area contributed by atoms with E-state index in [9.17, 15) is 13.2 Å². The number of rotatable bonds is 8. The molecule has 0 aromatic heterocycles. The second-order valence-corrected chi connectivity index (χ2v) is 9.36. The van der Waals surface area contributed by atoms with Crippen LogP contribution in [0.2, 0.25) is 0 Å². The first-order valence-corrected chi connectivity index (χ1v) is 11.9. The predicted molar refractivity (Wildman–Crippen MR) is 129 cm³/mol. The molecule has 0 aliphatic rings. The van der Waals surface area contributed by atoms with E-state index in [2.05, 4.69) is 10.0 Å². The normalized spacial score (nSPS) is 12.0.